The molecule has 86 valence electrons. The molecule has 0 bridgehead atoms. The Morgan fingerprint density at radius 2 is 2.12 bits per heavy atom. The summed E-state index contributed by atoms with van der Waals surface area (Å²) in [6.45, 7) is 0. The molecule has 0 amide bonds. The van der Waals surface area contributed by atoms with Gasteiger partial charge in [-0.15, -0.1) is 11.8 Å². The molecule has 1 heterocycles. The fourth-order valence-corrected chi connectivity index (χ4v) is 2.06. The number of halogens is 1. The van der Waals surface area contributed by atoms with Gasteiger partial charge in [0.05, 0.1) is 5.75 Å². The normalized spacial score (nSPS) is 10.2. The van der Waals surface area contributed by atoms with E-state index >= 15 is 0 Å². The summed E-state index contributed by atoms with van der Waals surface area (Å²) in [5.74, 6) is 0.690. The van der Waals surface area contributed by atoms with Crippen molar-refractivity contribution in [3.63, 3.8) is 0 Å². The highest BCUT2D eigenvalue weighted by atomic mass is 32.2. The Bertz CT molecular complexity index is 533. The van der Waals surface area contributed by atoms with E-state index in [1.807, 2.05) is 0 Å². The number of aromatic nitrogens is 2. The summed E-state index contributed by atoms with van der Waals surface area (Å²) in [5, 5.41) is 0. The third kappa shape index (κ3) is 3.10. The van der Waals surface area contributed by atoms with E-state index in [0.717, 1.165) is 0 Å². The van der Waals surface area contributed by atoms with E-state index in [9.17, 15) is 9.18 Å². The zero-order valence-corrected chi connectivity index (χ0v) is 9.65. The maximum atomic E-state index is 13.3. The largest absolute Gasteiger partial charge is 0.296 e. The fourth-order valence-electron chi connectivity index (χ4n) is 1.25. The molecule has 17 heavy (non-hydrogen) atoms. The van der Waals surface area contributed by atoms with Crippen LogP contribution in [0.3, 0.4) is 0 Å². The van der Waals surface area contributed by atoms with Crippen molar-refractivity contribution >= 4 is 18.0 Å². The van der Waals surface area contributed by atoms with E-state index in [0.29, 0.717) is 28.5 Å². The van der Waals surface area contributed by atoms with E-state index < -0.39 is 0 Å². The van der Waals surface area contributed by atoms with E-state index in [1.54, 1.807) is 18.2 Å². The number of rotatable bonds is 4. The first-order chi connectivity index (χ1) is 8.29. The van der Waals surface area contributed by atoms with Gasteiger partial charge in [0.2, 0.25) is 0 Å². The second kappa shape index (κ2) is 5.54. The summed E-state index contributed by atoms with van der Waals surface area (Å²) in [4.78, 5) is 19.1. The van der Waals surface area contributed by atoms with Gasteiger partial charge in [-0.2, -0.15) is 0 Å². The van der Waals surface area contributed by atoms with Crippen molar-refractivity contribution in [1.82, 2.24) is 9.97 Å². The highest BCUT2D eigenvalue weighted by Gasteiger charge is 2.04. The summed E-state index contributed by atoms with van der Waals surface area (Å²) < 4.78 is 13.3. The molecule has 0 radical (unpaired) electrons. The second-order valence-electron chi connectivity index (χ2n) is 3.23. The average molecular weight is 248 g/mol. The number of carbonyl (C=O) groups excluding carboxylic acids is 1. The van der Waals surface area contributed by atoms with Crippen LogP contribution in [0.25, 0.3) is 0 Å². The maximum Gasteiger partial charge on any atom is 0.168 e. The Kier molecular flexibility index (Phi) is 3.82. The van der Waals surface area contributed by atoms with Gasteiger partial charge in [0, 0.05) is 11.1 Å². The molecule has 0 saturated heterocycles. The standard InChI is InChI=1S/C12H9FN2OS/c13-10-3-1-2-4-11(10)17-8-12-14-6-5-9(7-16)15-12/h1-7H,8H2. The van der Waals surface area contributed by atoms with Gasteiger partial charge in [0.15, 0.2) is 6.29 Å². The lowest BCUT2D eigenvalue weighted by molar-refractivity contribution is 0.111. The molecular formula is C12H9FN2OS. The first-order valence-corrected chi connectivity index (χ1v) is 5.92. The number of hydrogen-bond acceptors (Lipinski definition) is 4. The van der Waals surface area contributed by atoms with Gasteiger partial charge in [-0.3, -0.25) is 4.79 Å². The monoisotopic (exact) mass is 248 g/mol. The van der Waals surface area contributed by atoms with Gasteiger partial charge in [0.25, 0.3) is 0 Å². The number of benzene rings is 1. The number of carbonyl (C=O) groups is 1. The molecule has 0 atom stereocenters. The molecule has 1 aromatic heterocycles. The van der Waals surface area contributed by atoms with Crippen LogP contribution in [0, 0.1) is 5.82 Å². The minimum absolute atomic E-state index is 0.260. The fraction of sp³-hybridized carbons (Fsp3) is 0.0833. The van der Waals surface area contributed by atoms with Gasteiger partial charge in [-0.05, 0) is 18.2 Å². The maximum absolute atomic E-state index is 13.3. The topological polar surface area (TPSA) is 42.9 Å². The minimum Gasteiger partial charge on any atom is -0.296 e. The van der Waals surface area contributed by atoms with E-state index in [2.05, 4.69) is 9.97 Å². The van der Waals surface area contributed by atoms with Gasteiger partial charge in [-0.25, -0.2) is 14.4 Å². The molecule has 0 saturated carbocycles. The third-order valence-electron chi connectivity index (χ3n) is 2.04. The van der Waals surface area contributed by atoms with Crippen LogP contribution in [0.15, 0.2) is 41.4 Å². The molecule has 1 aromatic carbocycles. The molecular weight excluding hydrogens is 239 g/mol. The third-order valence-corrected chi connectivity index (χ3v) is 3.09. The van der Waals surface area contributed by atoms with Crippen molar-refractivity contribution in [2.24, 2.45) is 0 Å². The summed E-state index contributed by atoms with van der Waals surface area (Å²) in [6.07, 6.45) is 2.19. The van der Waals surface area contributed by atoms with Crippen molar-refractivity contribution in [2.45, 2.75) is 10.6 Å². The highest BCUT2D eigenvalue weighted by molar-refractivity contribution is 7.98. The van der Waals surface area contributed by atoms with Crippen LogP contribution in [0.4, 0.5) is 4.39 Å². The van der Waals surface area contributed by atoms with Crippen LogP contribution >= 0.6 is 11.8 Å². The molecule has 0 spiro atoms. The Balaban J connectivity index is 2.07. The van der Waals surface area contributed by atoms with E-state index in [1.165, 1.54) is 30.1 Å². The van der Waals surface area contributed by atoms with Gasteiger partial charge >= 0.3 is 0 Å². The minimum atomic E-state index is -0.260. The van der Waals surface area contributed by atoms with Crippen molar-refractivity contribution in [3.8, 4) is 0 Å². The van der Waals surface area contributed by atoms with Crippen molar-refractivity contribution in [1.29, 1.82) is 0 Å². The number of hydrogen-bond donors (Lipinski definition) is 0. The lowest BCUT2D eigenvalue weighted by atomic mass is 10.3. The summed E-state index contributed by atoms with van der Waals surface area (Å²) in [7, 11) is 0. The summed E-state index contributed by atoms with van der Waals surface area (Å²) >= 11 is 1.30. The molecule has 2 rings (SSSR count). The Morgan fingerprint density at radius 3 is 2.88 bits per heavy atom. The zero-order chi connectivity index (χ0) is 12.1. The van der Waals surface area contributed by atoms with E-state index in [-0.39, 0.29) is 5.82 Å². The predicted octanol–water partition coefficient (Wildman–Crippen LogP) is 2.72. The van der Waals surface area contributed by atoms with Crippen molar-refractivity contribution in [3.05, 3.63) is 53.9 Å². The van der Waals surface area contributed by atoms with Gasteiger partial charge in [0.1, 0.15) is 17.3 Å². The first-order valence-electron chi connectivity index (χ1n) is 4.94. The van der Waals surface area contributed by atoms with Crippen LogP contribution in [0.2, 0.25) is 0 Å². The van der Waals surface area contributed by atoms with Crippen LogP contribution < -0.4 is 0 Å². The Labute approximate surface area is 102 Å². The molecule has 0 fully saturated rings. The zero-order valence-electron chi connectivity index (χ0n) is 8.84. The molecule has 5 heteroatoms. The molecule has 0 aliphatic heterocycles. The van der Waals surface area contributed by atoms with Crippen molar-refractivity contribution < 1.29 is 9.18 Å². The highest BCUT2D eigenvalue weighted by Crippen LogP contribution is 2.23. The van der Waals surface area contributed by atoms with Crippen LogP contribution in [0.1, 0.15) is 16.3 Å². The summed E-state index contributed by atoms with van der Waals surface area (Å²) in [6, 6.07) is 8.05. The SMILES string of the molecule is O=Cc1ccnc(CSc2ccccc2F)n1. The lowest BCUT2D eigenvalue weighted by Crippen LogP contribution is -1.96. The van der Waals surface area contributed by atoms with Gasteiger partial charge in [-0.1, -0.05) is 12.1 Å². The lowest BCUT2D eigenvalue weighted by Gasteiger charge is -2.02. The van der Waals surface area contributed by atoms with Crippen LogP contribution in [0.5, 0.6) is 0 Å². The molecule has 0 unspecified atom stereocenters. The molecule has 0 aliphatic rings. The summed E-state index contributed by atoms with van der Waals surface area (Å²) in [5.41, 5.74) is 0.337. The Hall–Kier alpha value is -1.75. The number of thioether (sulfide) groups is 1. The Morgan fingerprint density at radius 1 is 1.29 bits per heavy atom. The van der Waals surface area contributed by atoms with Gasteiger partial charge < -0.3 is 0 Å². The molecule has 0 aliphatic carbocycles. The predicted molar refractivity (Wildman–Crippen MR) is 63.4 cm³/mol. The second-order valence-corrected chi connectivity index (χ2v) is 4.25. The average Bonchev–Trinajstić information content (AvgIpc) is 2.38. The quantitative estimate of drug-likeness (QED) is 0.616. The molecule has 3 nitrogen and oxygen atoms in total. The number of aldehydes is 1. The van der Waals surface area contributed by atoms with Crippen molar-refractivity contribution in [2.75, 3.05) is 0 Å². The van der Waals surface area contributed by atoms with E-state index in [4.69, 9.17) is 0 Å². The number of nitrogens with zero attached hydrogens (tertiary/aromatic N) is 2. The molecule has 0 N–H and O–H groups in total. The molecule has 2 aromatic rings. The van der Waals surface area contributed by atoms with Crippen LogP contribution in [-0.4, -0.2) is 16.3 Å². The van der Waals surface area contributed by atoms with Crippen LogP contribution in [-0.2, 0) is 5.75 Å². The smallest absolute Gasteiger partial charge is 0.168 e. The first kappa shape index (κ1) is 11.7.